The van der Waals surface area contributed by atoms with Crippen LogP contribution in [0.2, 0.25) is 0 Å². The predicted octanol–water partition coefficient (Wildman–Crippen LogP) is 2.66. The Balaban J connectivity index is 2.16. The van der Waals surface area contributed by atoms with E-state index in [4.69, 9.17) is 5.73 Å². The first kappa shape index (κ1) is 14.4. The van der Waals surface area contributed by atoms with Crippen molar-refractivity contribution >= 4 is 45.2 Å². The van der Waals surface area contributed by atoms with Crippen LogP contribution < -0.4 is 5.73 Å². The van der Waals surface area contributed by atoms with E-state index >= 15 is 0 Å². The molecule has 0 aliphatic carbocycles. The van der Waals surface area contributed by atoms with Gasteiger partial charge in [-0.25, -0.2) is 0 Å². The lowest BCUT2D eigenvalue weighted by Gasteiger charge is -2.18. The summed E-state index contributed by atoms with van der Waals surface area (Å²) in [5.41, 5.74) is 6.34. The number of anilines is 1. The van der Waals surface area contributed by atoms with Crippen molar-refractivity contribution in [1.29, 1.82) is 0 Å². The lowest BCUT2D eigenvalue weighted by atomic mass is 10.3. The summed E-state index contributed by atoms with van der Waals surface area (Å²) >= 11 is 4.83. The van der Waals surface area contributed by atoms with Gasteiger partial charge in [-0.1, -0.05) is 0 Å². The maximum Gasteiger partial charge on any atom is 0.243 e. The van der Waals surface area contributed by atoms with Gasteiger partial charge in [-0.05, 0) is 48.0 Å². The molecule has 2 N–H and O–H groups in total. The summed E-state index contributed by atoms with van der Waals surface area (Å²) in [6.07, 6.45) is 0.262. The van der Waals surface area contributed by atoms with Crippen LogP contribution in [0.1, 0.15) is 20.3 Å². The maximum absolute atomic E-state index is 12.2. The van der Waals surface area contributed by atoms with Crippen LogP contribution in [0.15, 0.2) is 27.6 Å². The van der Waals surface area contributed by atoms with Gasteiger partial charge in [-0.15, -0.1) is 11.8 Å². The molecule has 1 aliphatic rings. The Hall–Kier alpha value is -1.01. The van der Waals surface area contributed by atoms with Crippen molar-refractivity contribution < 1.29 is 9.59 Å². The van der Waals surface area contributed by atoms with E-state index in [2.05, 4.69) is 15.9 Å². The van der Waals surface area contributed by atoms with Gasteiger partial charge in [0.2, 0.25) is 11.8 Å². The summed E-state index contributed by atoms with van der Waals surface area (Å²) in [6, 6.07) is 5.36. The molecule has 1 heterocycles. The van der Waals surface area contributed by atoms with Crippen molar-refractivity contribution in [3.05, 3.63) is 22.7 Å². The number of imide groups is 1. The average Bonchev–Trinajstić information content (AvgIpc) is 2.58. The monoisotopic (exact) mass is 342 g/mol. The van der Waals surface area contributed by atoms with Gasteiger partial charge in [0, 0.05) is 27.5 Å². The van der Waals surface area contributed by atoms with Crippen molar-refractivity contribution in [1.82, 2.24) is 4.90 Å². The first-order valence-electron chi connectivity index (χ1n) is 5.97. The number of likely N-dealkylation sites (tertiary alicyclic amines) is 1. The smallest absolute Gasteiger partial charge is 0.243 e. The Labute approximate surface area is 124 Å². The third-order valence-corrected chi connectivity index (χ3v) is 5.06. The van der Waals surface area contributed by atoms with Crippen molar-refractivity contribution in [2.24, 2.45) is 0 Å². The number of hydrogen-bond donors (Lipinski definition) is 1. The normalized spacial score (nSPS) is 19.6. The molecule has 102 valence electrons. The molecule has 1 unspecified atom stereocenters. The first-order chi connectivity index (χ1) is 8.90. The number of rotatable bonds is 3. The van der Waals surface area contributed by atoms with E-state index in [0.29, 0.717) is 5.69 Å². The van der Waals surface area contributed by atoms with E-state index in [9.17, 15) is 9.59 Å². The van der Waals surface area contributed by atoms with Gasteiger partial charge >= 0.3 is 0 Å². The molecule has 6 heteroatoms. The van der Waals surface area contributed by atoms with Gasteiger partial charge < -0.3 is 5.73 Å². The fraction of sp³-hybridized carbons (Fsp3) is 0.385. The van der Waals surface area contributed by atoms with Crippen LogP contribution in [0.25, 0.3) is 0 Å². The summed E-state index contributed by atoms with van der Waals surface area (Å²) in [6.45, 7) is 3.70. The highest BCUT2D eigenvalue weighted by atomic mass is 79.9. The molecule has 1 atom stereocenters. The van der Waals surface area contributed by atoms with Gasteiger partial charge in [0.25, 0.3) is 0 Å². The molecule has 0 radical (unpaired) electrons. The Morgan fingerprint density at radius 1 is 1.42 bits per heavy atom. The summed E-state index contributed by atoms with van der Waals surface area (Å²) in [7, 11) is 0. The van der Waals surface area contributed by atoms with E-state index in [1.807, 2.05) is 19.9 Å². The predicted molar refractivity (Wildman–Crippen MR) is 79.8 cm³/mol. The molecule has 1 aromatic rings. The van der Waals surface area contributed by atoms with E-state index in [1.54, 1.807) is 12.1 Å². The number of carbonyl (C=O) groups excluding carboxylic acids is 2. The van der Waals surface area contributed by atoms with Crippen molar-refractivity contribution in [2.45, 2.75) is 36.5 Å². The fourth-order valence-corrected chi connectivity index (χ4v) is 3.76. The Morgan fingerprint density at radius 3 is 2.63 bits per heavy atom. The van der Waals surface area contributed by atoms with Crippen LogP contribution in [0, 0.1) is 0 Å². The van der Waals surface area contributed by atoms with E-state index in [-0.39, 0.29) is 29.5 Å². The zero-order chi connectivity index (χ0) is 14.2. The van der Waals surface area contributed by atoms with Gasteiger partial charge in [0.1, 0.15) is 0 Å². The maximum atomic E-state index is 12.2. The lowest BCUT2D eigenvalue weighted by molar-refractivity contribution is -0.140. The SMILES string of the molecule is CC(C)N1C(=O)CC(Sc2ccc(N)cc2Br)C1=O. The number of carbonyl (C=O) groups is 2. The second-order valence-corrected chi connectivity index (χ2v) is 6.80. The van der Waals surface area contributed by atoms with Gasteiger partial charge in [-0.3, -0.25) is 14.5 Å². The van der Waals surface area contributed by atoms with Crippen molar-refractivity contribution in [3.8, 4) is 0 Å². The Bertz CT molecular complexity index is 533. The molecule has 2 rings (SSSR count). The summed E-state index contributed by atoms with van der Waals surface area (Å²) < 4.78 is 0.848. The van der Waals surface area contributed by atoms with Crippen LogP contribution in [0.5, 0.6) is 0 Å². The largest absolute Gasteiger partial charge is 0.399 e. The molecule has 1 aliphatic heterocycles. The molecule has 0 spiro atoms. The van der Waals surface area contributed by atoms with E-state index in [0.717, 1.165) is 9.37 Å². The number of benzene rings is 1. The Morgan fingerprint density at radius 2 is 2.11 bits per heavy atom. The van der Waals surface area contributed by atoms with Crippen LogP contribution in [-0.4, -0.2) is 28.0 Å². The van der Waals surface area contributed by atoms with E-state index < -0.39 is 0 Å². The average molecular weight is 343 g/mol. The number of thioether (sulfide) groups is 1. The summed E-state index contributed by atoms with van der Waals surface area (Å²) in [4.78, 5) is 26.3. The minimum Gasteiger partial charge on any atom is -0.399 e. The van der Waals surface area contributed by atoms with E-state index in [1.165, 1.54) is 16.7 Å². The number of halogens is 1. The molecule has 0 saturated carbocycles. The zero-order valence-electron chi connectivity index (χ0n) is 10.7. The third kappa shape index (κ3) is 2.95. The molecular weight excluding hydrogens is 328 g/mol. The van der Waals surface area contributed by atoms with Gasteiger partial charge in [0.05, 0.1) is 5.25 Å². The highest BCUT2D eigenvalue weighted by Crippen LogP contribution is 2.36. The third-order valence-electron chi connectivity index (χ3n) is 2.88. The summed E-state index contributed by atoms with van der Waals surface area (Å²) in [5, 5.41) is -0.338. The molecule has 1 fully saturated rings. The molecule has 19 heavy (non-hydrogen) atoms. The van der Waals surface area contributed by atoms with Gasteiger partial charge in [-0.2, -0.15) is 0 Å². The van der Waals surface area contributed by atoms with Crippen LogP contribution in [0.3, 0.4) is 0 Å². The number of nitrogen functional groups attached to an aromatic ring is 1. The topological polar surface area (TPSA) is 63.4 Å². The number of amides is 2. The number of hydrogen-bond acceptors (Lipinski definition) is 4. The molecule has 1 aromatic carbocycles. The summed E-state index contributed by atoms with van der Waals surface area (Å²) in [5.74, 6) is -0.196. The van der Waals surface area contributed by atoms with Crippen LogP contribution >= 0.6 is 27.7 Å². The number of nitrogens with zero attached hydrogens (tertiary/aromatic N) is 1. The first-order valence-corrected chi connectivity index (χ1v) is 7.65. The molecule has 1 saturated heterocycles. The Kier molecular flexibility index (Phi) is 4.20. The zero-order valence-corrected chi connectivity index (χ0v) is 13.1. The molecule has 0 aromatic heterocycles. The molecule has 0 bridgehead atoms. The molecule has 2 amide bonds. The standard InChI is InChI=1S/C13H15BrN2O2S/c1-7(2)16-12(17)6-11(13(16)18)19-10-4-3-8(15)5-9(10)14/h3-5,7,11H,6,15H2,1-2H3. The highest BCUT2D eigenvalue weighted by Gasteiger charge is 2.40. The lowest BCUT2D eigenvalue weighted by Crippen LogP contribution is -2.37. The second-order valence-electron chi connectivity index (χ2n) is 4.70. The minimum absolute atomic E-state index is 0.0829. The van der Waals surface area contributed by atoms with Crippen molar-refractivity contribution in [2.75, 3.05) is 5.73 Å². The fourth-order valence-electron chi connectivity index (χ4n) is 2.02. The quantitative estimate of drug-likeness (QED) is 0.677. The molecular formula is C13H15BrN2O2S. The second kappa shape index (κ2) is 5.54. The molecule has 4 nitrogen and oxygen atoms in total. The minimum atomic E-state index is -0.338. The van der Waals surface area contributed by atoms with Gasteiger partial charge in [0.15, 0.2) is 0 Å². The van der Waals surface area contributed by atoms with Crippen LogP contribution in [-0.2, 0) is 9.59 Å². The van der Waals surface area contributed by atoms with Crippen molar-refractivity contribution in [3.63, 3.8) is 0 Å². The number of nitrogens with two attached hydrogens (primary N) is 1. The van der Waals surface area contributed by atoms with Crippen LogP contribution in [0.4, 0.5) is 5.69 Å². The highest BCUT2D eigenvalue weighted by molar-refractivity contribution is 9.10.